The van der Waals surface area contributed by atoms with Gasteiger partial charge in [0.05, 0.1) is 36.7 Å². The summed E-state index contributed by atoms with van der Waals surface area (Å²) >= 11 is 6.73. The van der Waals surface area contributed by atoms with E-state index in [1.807, 2.05) is 13.0 Å². The van der Waals surface area contributed by atoms with Gasteiger partial charge in [-0.2, -0.15) is 0 Å². The fraction of sp³-hybridized carbons (Fsp3) is 0.474. The first-order valence-electron chi connectivity index (χ1n) is 17.3. The van der Waals surface area contributed by atoms with Crippen LogP contribution >= 0.6 is 11.6 Å². The van der Waals surface area contributed by atoms with E-state index in [9.17, 15) is 34.4 Å². The lowest BCUT2D eigenvalue weighted by Crippen LogP contribution is -2.63. The van der Waals surface area contributed by atoms with Crippen molar-refractivity contribution in [3.63, 3.8) is 0 Å². The van der Waals surface area contributed by atoms with E-state index in [2.05, 4.69) is 5.32 Å². The van der Waals surface area contributed by atoms with Gasteiger partial charge >= 0.3 is 12.1 Å². The molecule has 0 spiro atoms. The number of halogens is 1. The zero-order valence-corrected chi connectivity index (χ0v) is 31.8. The molecule has 2 amide bonds. The van der Waals surface area contributed by atoms with Crippen LogP contribution in [0.15, 0.2) is 54.1 Å². The van der Waals surface area contributed by atoms with Gasteiger partial charge in [-0.3, -0.25) is 29.8 Å². The summed E-state index contributed by atoms with van der Waals surface area (Å²) in [6.07, 6.45) is -0.201. The lowest BCUT2D eigenvalue weighted by Gasteiger charge is -2.42. The zero-order chi connectivity index (χ0) is 39.7. The van der Waals surface area contributed by atoms with Crippen LogP contribution in [0.25, 0.3) is 0 Å². The summed E-state index contributed by atoms with van der Waals surface area (Å²) < 4.78 is 28.9. The zero-order valence-electron chi connectivity index (χ0n) is 31.0. The minimum Gasteiger partial charge on any atom is -0.495 e. The molecule has 2 aromatic rings. The maximum absolute atomic E-state index is 14.1. The topological polar surface area (TPSA) is 196 Å². The minimum atomic E-state index is -1.87. The molecule has 0 aliphatic carbocycles. The molecule has 2 N–H and O–H groups in total. The third-order valence-electron chi connectivity index (χ3n) is 10.2. The Morgan fingerprint density at radius 3 is 2.57 bits per heavy atom. The molecule has 16 heteroatoms. The molecule has 0 aromatic heterocycles. The van der Waals surface area contributed by atoms with Gasteiger partial charge in [0.15, 0.2) is 11.5 Å². The van der Waals surface area contributed by atoms with Gasteiger partial charge in [0.2, 0.25) is 5.91 Å². The van der Waals surface area contributed by atoms with Crippen molar-refractivity contribution in [1.29, 1.82) is 0 Å². The number of Topliss-reactive ketones (excluding diaryl/α,β-unsaturated/α-hetero) is 1. The molecule has 0 saturated carbocycles. The Balaban J connectivity index is 1.55. The highest BCUT2D eigenvalue weighted by Crippen LogP contribution is 2.49. The molecule has 5 rings (SSSR count). The molecule has 290 valence electrons. The lowest BCUT2D eigenvalue weighted by molar-refractivity contribution is -0.385. The number of nitro benzene ring substituents is 1. The van der Waals surface area contributed by atoms with Crippen molar-refractivity contribution in [2.45, 2.75) is 89.1 Å². The average molecular weight is 770 g/mol. The number of rotatable bonds is 7. The van der Waals surface area contributed by atoms with E-state index < -0.39 is 83.1 Å². The number of anilines is 1. The number of esters is 1. The maximum atomic E-state index is 14.1. The SMILES string of the molecule is COc1cc2cc(c1Cl)N(C)C(=O)C[C@H](OC(=O)Cc1ccc(C(C)=O)cc1[N+](=O)[O-])[C@]1(C)O[C@H]1[C@H](C)[C@@H]1C[C@@](O)(NC(=O)O1)[C@H](OC)/C=C/C=C(\C)C2. The number of amides is 2. The van der Waals surface area contributed by atoms with Crippen molar-refractivity contribution >= 4 is 46.7 Å². The summed E-state index contributed by atoms with van der Waals surface area (Å²) in [5, 5.41) is 26.2. The number of epoxide rings is 1. The largest absolute Gasteiger partial charge is 0.495 e. The van der Waals surface area contributed by atoms with Crippen LogP contribution in [0.3, 0.4) is 0 Å². The predicted octanol–water partition coefficient (Wildman–Crippen LogP) is 5.02. The van der Waals surface area contributed by atoms with E-state index in [1.54, 1.807) is 38.1 Å². The molecule has 15 nitrogen and oxygen atoms in total. The molecule has 54 heavy (non-hydrogen) atoms. The Bertz CT molecular complexity index is 1920. The van der Waals surface area contributed by atoms with E-state index in [4.69, 9.17) is 35.3 Å². The van der Waals surface area contributed by atoms with Crippen LogP contribution in [0, 0.1) is 16.0 Å². The molecular formula is C38H44ClN3O12. The number of carbonyl (C=O) groups is 4. The summed E-state index contributed by atoms with van der Waals surface area (Å²) in [7, 11) is 4.38. The predicted molar refractivity (Wildman–Crippen MR) is 196 cm³/mol. The first-order chi connectivity index (χ1) is 25.4. The van der Waals surface area contributed by atoms with E-state index >= 15 is 0 Å². The average Bonchev–Trinajstić information content (AvgIpc) is 3.81. The number of nitrogens with zero attached hydrogens (tertiary/aromatic N) is 2. The van der Waals surface area contributed by atoms with E-state index in [1.165, 1.54) is 45.2 Å². The highest BCUT2D eigenvalue weighted by molar-refractivity contribution is 6.35. The smallest absolute Gasteiger partial charge is 0.409 e. The molecule has 3 aliphatic rings. The lowest BCUT2D eigenvalue weighted by atomic mass is 9.83. The van der Waals surface area contributed by atoms with Gasteiger partial charge < -0.3 is 33.7 Å². The van der Waals surface area contributed by atoms with Gasteiger partial charge in [-0.15, -0.1) is 0 Å². The van der Waals surface area contributed by atoms with Crippen LogP contribution in [-0.2, 0) is 41.4 Å². The Morgan fingerprint density at radius 1 is 1.20 bits per heavy atom. The molecule has 7 atom stereocenters. The van der Waals surface area contributed by atoms with Crippen LogP contribution < -0.4 is 15.0 Å². The van der Waals surface area contributed by atoms with Gasteiger partial charge in [0.1, 0.15) is 34.7 Å². The van der Waals surface area contributed by atoms with Crippen molar-refractivity contribution in [2.75, 3.05) is 26.2 Å². The van der Waals surface area contributed by atoms with E-state index in [0.29, 0.717) is 17.9 Å². The number of nitro groups is 1. The number of ether oxygens (including phenoxy) is 5. The molecule has 2 saturated heterocycles. The molecule has 4 bridgehead atoms. The molecule has 0 radical (unpaired) electrons. The number of methoxy groups -OCH3 is 2. The van der Waals surface area contributed by atoms with Crippen LogP contribution in [0.2, 0.25) is 5.02 Å². The Kier molecular flexibility index (Phi) is 11.9. The number of carbonyl (C=O) groups excluding carboxylic acids is 4. The first-order valence-corrected chi connectivity index (χ1v) is 17.6. The number of fused-ring (bicyclic) bond motifs is 5. The quantitative estimate of drug-likeness (QED) is 0.126. The third-order valence-corrected chi connectivity index (χ3v) is 10.6. The Hall–Kier alpha value is -4.83. The van der Waals surface area contributed by atoms with Gasteiger partial charge in [0, 0.05) is 43.7 Å². The second-order valence-corrected chi connectivity index (χ2v) is 14.5. The maximum Gasteiger partial charge on any atom is 0.409 e. The molecule has 0 unspecified atom stereocenters. The van der Waals surface area contributed by atoms with Crippen molar-refractivity contribution in [3.05, 3.63) is 86.0 Å². The fourth-order valence-electron chi connectivity index (χ4n) is 7.06. The Morgan fingerprint density at radius 2 is 1.93 bits per heavy atom. The van der Waals surface area contributed by atoms with Crippen molar-refractivity contribution in [2.24, 2.45) is 5.92 Å². The van der Waals surface area contributed by atoms with Gasteiger partial charge in [0.25, 0.3) is 5.69 Å². The van der Waals surface area contributed by atoms with Gasteiger partial charge in [-0.1, -0.05) is 54.5 Å². The number of hydrogen-bond acceptors (Lipinski definition) is 12. The highest BCUT2D eigenvalue weighted by atomic mass is 35.5. The van der Waals surface area contributed by atoms with E-state index in [-0.39, 0.29) is 28.4 Å². The fourth-order valence-corrected chi connectivity index (χ4v) is 7.38. The van der Waals surface area contributed by atoms with Crippen LogP contribution in [0.5, 0.6) is 5.75 Å². The van der Waals surface area contributed by atoms with Gasteiger partial charge in [-0.05, 0) is 44.9 Å². The summed E-state index contributed by atoms with van der Waals surface area (Å²) in [5.41, 5.74) is -1.51. The summed E-state index contributed by atoms with van der Waals surface area (Å²) in [5.74, 6) is -2.05. The number of benzene rings is 2. The number of aliphatic hydroxyl groups is 1. The summed E-state index contributed by atoms with van der Waals surface area (Å²) in [4.78, 5) is 64.9. The number of hydrogen-bond donors (Lipinski definition) is 2. The molecule has 2 fully saturated rings. The standard InChI is InChI=1S/C38H44ClN3O12/c1-20-9-8-10-30(51-7)38(47)19-29(52-36(46)40-38)21(2)35-37(4,54-35)31(18-32(44)41(5)27-14-23(13-20)15-28(50-6)34(27)39)53-33(45)17-25-12-11-24(22(3)43)16-26(25)42(48)49/h8-12,14-16,21,29-31,35,47H,13,17-19H2,1-7H3,(H,40,46)/b10-8+,20-9+/t21-,29+,30-,31+,35+,37+,38+/m1/s1. The number of nitrogens with one attached hydrogen (secondary N) is 1. The van der Waals surface area contributed by atoms with E-state index in [0.717, 1.165) is 17.2 Å². The van der Waals surface area contributed by atoms with Crippen molar-refractivity contribution in [1.82, 2.24) is 5.32 Å². The second-order valence-electron chi connectivity index (χ2n) is 14.1. The van der Waals surface area contributed by atoms with Crippen LogP contribution in [0.1, 0.15) is 62.0 Å². The number of allylic oxidation sites excluding steroid dienone is 3. The normalized spacial score (nSPS) is 30.1. The molecule has 2 aromatic carbocycles. The number of alkyl carbamates (subject to hydrolysis) is 1. The van der Waals surface area contributed by atoms with Crippen LogP contribution in [-0.4, -0.2) is 90.8 Å². The van der Waals surface area contributed by atoms with Crippen molar-refractivity contribution in [3.8, 4) is 5.75 Å². The summed E-state index contributed by atoms with van der Waals surface area (Å²) in [6, 6.07) is 7.30. The Labute approximate surface area is 317 Å². The molecule has 3 aliphatic heterocycles. The van der Waals surface area contributed by atoms with Crippen LogP contribution in [0.4, 0.5) is 16.2 Å². The van der Waals surface area contributed by atoms with Gasteiger partial charge in [-0.25, -0.2) is 4.79 Å². The minimum absolute atomic E-state index is 0.00373. The second kappa shape index (κ2) is 15.9. The first kappa shape index (κ1) is 40.4. The molecular weight excluding hydrogens is 726 g/mol. The number of ketones is 1. The highest BCUT2D eigenvalue weighted by Gasteiger charge is 2.64. The molecule has 3 heterocycles. The van der Waals surface area contributed by atoms with Crippen molar-refractivity contribution < 1.29 is 52.9 Å². The third kappa shape index (κ3) is 8.44. The summed E-state index contributed by atoms with van der Waals surface area (Å²) in [6.45, 7) is 6.56. The monoisotopic (exact) mass is 769 g/mol.